The summed E-state index contributed by atoms with van der Waals surface area (Å²) in [5.41, 5.74) is 0. The minimum atomic E-state index is -0.505. The highest BCUT2D eigenvalue weighted by molar-refractivity contribution is 5.13. The first kappa shape index (κ1) is 9.34. The second kappa shape index (κ2) is 4.20. The average molecular weight is 146 g/mol. The number of hydrogen-bond acceptors (Lipinski definition) is 0. The van der Waals surface area contributed by atoms with Crippen LogP contribution in [0.4, 0.5) is 8.78 Å². The van der Waals surface area contributed by atoms with Crippen LogP contribution in [0.5, 0.6) is 0 Å². The molecule has 2 heteroatoms. The van der Waals surface area contributed by atoms with Gasteiger partial charge in [-0.05, 0) is 18.9 Å². The molecule has 0 aliphatic carbocycles. The fourth-order valence-electron chi connectivity index (χ4n) is 0.557. The molecular formula is C8H12F2. The summed E-state index contributed by atoms with van der Waals surface area (Å²) in [4.78, 5) is 0. The lowest BCUT2D eigenvalue weighted by atomic mass is 10.2. The van der Waals surface area contributed by atoms with E-state index >= 15 is 0 Å². The molecule has 0 heterocycles. The van der Waals surface area contributed by atoms with E-state index in [-0.39, 0.29) is 5.92 Å². The van der Waals surface area contributed by atoms with Crippen molar-refractivity contribution >= 4 is 0 Å². The van der Waals surface area contributed by atoms with Gasteiger partial charge in [0.15, 0.2) is 0 Å². The molecule has 10 heavy (non-hydrogen) atoms. The quantitative estimate of drug-likeness (QED) is 0.524. The van der Waals surface area contributed by atoms with Crippen LogP contribution in [0.2, 0.25) is 0 Å². The van der Waals surface area contributed by atoms with Crippen molar-refractivity contribution < 1.29 is 8.78 Å². The summed E-state index contributed by atoms with van der Waals surface area (Å²) in [6.07, 6.45) is 2.24. The minimum Gasteiger partial charge on any atom is -0.212 e. The molecular weight excluding hydrogens is 134 g/mol. The normalized spacial score (nSPS) is 14.6. The smallest absolute Gasteiger partial charge is 0.122 e. The van der Waals surface area contributed by atoms with Crippen molar-refractivity contribution in [2.75, 3.05) is 0 Å². The van der Waals surface area contributed by atoms with Crippen LogP contribution in [0.15, 0.2) is 23.8 Å². The summed E-state index contributed by atoms with van der Waals surface area (Å²) < 4.78 is 24.4. The third-order valence-corrected chi connectivity index (χ3v) is 0.829. The summed E-state index contributed by atoms with van der Waals surface area (Å²) in [6, 6.07) is 0. The SMILES string of the molecule is C/C(F)=C\C(F)=C/C(C)C. The lowest BCUT2D eigenvalue weighted by molar-refractivity contribution is 0.606. The summed E-state index contributed by atoms with van der Waals surface area (Å²) >= 11 is 0. The van der Waals surface area contributed by atoms with Crippen LogP contribution in [-0.2, 0) is 0 Å². The van der Waals surface area contributed by atoms with Crippen molar-refractivity contribution in [1.29, 1.82) is 0 Å². The zero-order valence-electron chi connectivity index (χ0n) is 6.49. The highest BCUT2D eigenvalue weighted by Gasteiger charge is 1.92. The van der Waals surface area contributed by atoms with Gasteiger partial charge in [0.2, 0.25) is 0 Å². The maximum absolute atomic E-state index is 12.4. The fourth-order valence-corrected chi connectivity index (χ4v) is 0.557. The van der Waals surface area contributed by atoms with Gasteiger partial charge in [0.1, 0.15) is 5.83 Å². The second-order valence-electron chi connectivity index (χ2n) is 2.53. The largest absolute Gasteiger partial charge is 0.212 e. The van der Waals surface area contributed by atoms with E-state index in [2.05, 4.69) is 0 Å². The molecule has 0 N–H and O–H groups in total. The molecule has 0 fully saturated rings. The highest BCUT2D eigenvalue weighted by Crippen LogP contribution is 2.08. The Morgan fingerprint density at radius 2 is 1.80 bits per heavy atom. The summed E-state index contributed by atoms with van der Waals surface area (Å²) in [7, 11) is 0. The Morgan fingerprint density at radius 3 is 2.10 bits per heavy atom. The van der Waals surface area contributed by atoms with Crippen molar-refractivity contribution in [3.05, 3.63) is 23.8 Å². The number of rotatable bonds is 2. The Morgan fingerprint density at radius 1 is 1.30 bits per heavy atom. The maximum Gasteiger partial charge on any atom is 0.122 e. The molecule has 58 valence electrons. The zero-order chi connectivity index (χ0) is 8.15. The van der Waals surface area contributed by atoms with Crippen LogP contribution in [0, 0.1) is 5.92 Å². The van der Waals surface area contributed by atoms with Gasteiger partial charge in [0.25, 0.3) is 0 Å². The first-order valence-corrected chi connectivity index (χ1v) is 3.23. The first-order chi connectivity index (χ1) is 4.52. The molecule has 0 aromatic rings. The summed E-state index contributed by atoms with van der Waals surface area (Å²) in [6.45, 7) is 4.88. The van der Waals surface area contributed by atoms with Gasteiger partial charge in [-0.15, -0.1) is 0 Å². The van der Waals surface area contributed by atoms with Crippen LogP contribution < -0.4 is 0 Å². The third kappa shape index (κ3) is 5.48. The van der Waals surface area contributed by atoms with Crippen molar-refractivity contribution in [2.45, 2.75) is 20.8 Å². The van der Waals surface area contributed by atoms with Gasteiger partial charge >= 0.3 is 0 Å². The first-order valence-electron chi connectivity index (χ1n) is 3.23. The van der Waals surface area contributed by atoms with Gasteiger partial charge in [0.05, 0.1) is 5.83 Å². The summed E-state index contributed by atoms with van der Waals surface area (Å²) in [5.74, 6) is -0.889. The van der Waals surface area contributed by atoms with Gasteiger partial charge in [-0.1, -0.05) is 13.8 Å². The van der Waals surface area contributed by atoms with Gasteiger partial charge in [-0.3, -0.25) is 0 Å². The molecule has 0 amide bonds. The van der Waals surface area contributed by atoms with E-state index in [9.17, 15) is 8.78 Å². The molecule has 0 atom stereocenters. The van der Waals surface area contributed by atoms with Crippen LogP contribution in [0.1, 0.15) is 20.8 Å². The monoisotopic (exact) mass is 146 g/mol. The van der Waals surface area contributed by atoms with Crippen molar-refractivity contribution in [3.8, 4) is 0 Å². The number of hydrogen-bond donors (Lipinski definition) is 0. The molecule has 0 aliphatic rings. The number of allylic oxidation sites excluding steroid dienone is 4. The molecule has 0 radical (unpaired) electrons. The van der Waals surface area contributed by atoms with E-state index in [0.29, 0.717) is 0 Å². The lowest BCUT2D eigenvalue weighted by Crippen LogP contribution is -1.79. The molecule has 0 aromatic carbocycles. The van der Waals surface area contributed by atoms with Crippen molar-refractivity contribution in [1.82, 2.24) is 0 Å². The Bertz CT molecular complexity index is 151. The summed E-state index contributed by atoms with van der Waals surface area (Å²) in [5, 5.41) is 0. The standard InChI is InChI=1S/C8H12F2/c1-6(2)4-8(10)5-7(3)9/h4-6H,1-3H3/b7-5+,8-4+. The van der Waals surface area contributed by atoms with E-state index in [4.69, 9.17) is 0 Å². The van der Waals surface area contributed by atoms with Crippen molar-refractivity contribution in [3.63, 3.8) is 0 Å². The topological polar surface area (TPSA) is 0 Å². The maximum atomic E-state index is 12.4. The average Bonchev–Trinajstić information content (AvgIpc) is 1.58. The second-order valence-corrected chi connectivity index (χ2v) is 2.53. The molecule has 0 bridgehead atoms. The van der Waals surface area contributed by atoms with E-state index in [1.807, 2.05) is 13.8 Å². The van der Waals surface area contributed by atoms with E-state index < -0.39 is 11.7 Å². The number of halogens is 2. The van der Waals surface area contributed by atoms with Crippen LogP contribution in [-0.4, -0.2) is 0 Å². The Kier molecular flexibility index (Phi) is 3.93. The molecule has 0 aliphatic heterocycles. The molecule has 0 saturated heterocycles. The van der Waals surface area contributed by atoms with E-state index in [1.165, 1.54) is 13.0 Å². The molecule has 0 rings (SSSR count). The molecule has 0 unspecified atom stereocenters. The Balaban J connectivity index is 4.08. The Hall–Kier alpha value is -0.660. The zero-order valence-corrected chi connectivity index (χ0v) is 6.49. The van der Waals surface area contributed by atoms with E-state index in [1.54, 1.807) is 0 Å². The minimum absolute atomic E-state index is 0.121. The van der Waals surface area contributed by atoms with Gasteiger partial charge in [-0.2, -0.15) is 0 Å². The fraction of sp³-hybridized carbons (Fsp3) is 0.500. The van der Waals surface area contributed by atoms with Gasteiger partial charge in [-0.25, -0.2) is 8.78 Å². The van der Waals surface area contributed by atoms with Crippen molar-refractivity contribution in [2.24, 2.45) is 5.92 Å². The predicted molar refractivity (Wildman–Crippen MR) is 38.9 cm³/mol. The molecule has 0 spiro atoms. The predicted octanol–water partition coefficient (Wildman–Crippen LogP) is 3.37. The Labute approximate surface area is 60.2 Å². The molecule has 0 aromatic heterocycles. The van der Waals surface area contributed by atoms with Crippen LogP contribution in [0.25, 0.3) is 0 Å². The third-order valence-electron chi connectivity index (χ3n) is 0.829. The van der Waals surface area contributed by atoms with Crippen LogP contribution >= 0.6 is 0 Å². The molecule has 0 saturated carbocycles. The van der Waals surface area contributed by atoms with Gasteiger partial charge < -0.3 is 0 Å². The highest BCUT2D eigenvalue weighted by atomic mass is 19.1. The molecule has 0 nitrogen and oxygen atoms in total. The lowest BCUT2D eigenvalue weighted by Gasteiger charge is -1.92. The van der Waals surface area contributed by atoms with Crippen LogP contribution in [0.3, 0.4) is 0 Å². The van der Waals surface area contributed by atoms with Gasteiger partial charge in [0, 0.05) is 6.08 Å². The van der Waals surface area contributed by atoms with E-state index in [0.717, 1.165) is 6.08 Å².